The van der Waals surface area contributed by atoms with Gasteiger partial charge in [-0.3, -0.25) is 0 Å². The maximum absolute atomic E-state index is 12.7. The fourth-order valence-corrected chi connectivity index (χ4v) is 3.36. The molecule has 0 spiro atoms. The summed E-state index contributed by atoms with van der Waals surface area (Å²) in [6, 6.07) is 0.144. The summed E-state index contributed by atoms with van der Waals surface area (Å²) in [6.45, 7) is 14.3. The minimum atomic E-state index is -0.241. The van der Waals surface area contributed by atoms with Crippen molar-refractivity contribution in [2.45, 2.75) is 65.0 Å². The first-order valence-corrected chi connectivity index (χ1v) is 8.75. The number of rotatable bonds is 4. The Hall–Kier alpha value is -1.46. The lowest BCUT2D eigenvalue weighted by molar-refractivity contribution is 0.0716. The summed E-state index contributed by atoms with van der Waals surface area (Å²) in [7, 11) is 0. The van der Waals surface area contributed by atoms with Crippen molar-refractivity contribution in [3.63, 3.8) is 0 Å². The number of amides is 4. The van der Waals surface area contributed by atoms with Crippen LogP contribution in [0.25, 0.3) is 0 Å². The Balaban J connectivity index is 1.96. The Morgan fingerprint density at radius 2 is 1.61 bits per heavy atom. The lowest BCUT2D eigenvalue weighted by Crippen LogP contribution is -2.59. The van der Waals surface area contributed by atoms with Gasteiger partial charge in [-0.1, -0.05) is 0 Å². The summed E-state index contributed by atoms with van der Waals surface area (Å²) in [4.78, 5) is 30.6. The normalized spacial score (nSPS) is 20.8. The zero-order valence-electron chi connectivity index (χ0n) is 15.3. The third kappa shape index (κ3) is 4.09. The van der Waals surface area contributed by atoms with Gasteiger partial charge in [0.15, 0.2) is 0 Å². The van der Waals surface area contributed by atoms with Gasteiger partial charge in [0.25, 0.3) is 0 Å². The van der Waals surface area contributed by atoms with E-state index in [0.717, 1.165) is 45.4 Å². The van der Waals surface area contributed by atoms with Crippen LogP contribution in [-0.4, -0.2) is 70.6 Å². The highest BCUT2D eigenvalue weighted by atomic mass is 16.2. The molecule has 0 aromatic heterocycles. The van der Waals surface area contributed by atoms with Crippen molar-refractivity contribution in [3.8, 4) is 0 Å². The number of carbonyl (C=O) groups excluding carboxylic acids is 2. The average Bonchev–Trinajstić information content (AvgIpc) is 2.45. The first-order valence-electron chi connectivity index (χ1n) is 8.75. The predicted molar refractivity (Wildman–Crippen MR) is 91.5 cm³/mol. The minimum Gasteiger partial charge on any atom is -0.338 e. The van der Waals surface area contributed by atoms with Crippen LogP contribution in [0.4, 0.5) is 9.59 Å². The molecule has 2 aliphatic heterocycles. The second kappa shape index (κ2) is 6.57. The molecule has 4 amide bonds. The molecule has 132 valence electrons. The summed E-state index contributed by atoms with van der Waals surface area (Å²) in [5, 5.41) is 2.91. The maximum Gasteiger partial charge on any atom is 0.320 e. The van der Waals surface area contributed by atoms with E-state index in [1.807, 2.05) is 14.7 Å². The van der Waals surface area contributed by atoms with E-state index in [9.17, 15) is 9.59 Å². The van der Waals surface area contributed by atoms with Gasteiger partial charge in [-0.2, -0.15) is 0 Å². The second-order valence-electron chi connectivity index (χ2n) is 8.25. The van der Waals surface area contributed by atoms with Gasteiger partial charge < -0.3 is 20.0 Å². The van der Waals surface area contributed by atoms with E-state index in [4.69, 9.17) is 0 Å². The summed E-state index contributed by atoms with van der Waals surface area (Å²) in [5.74, 6) is 0. The van der Waals surface area contributed by atoms with Crippen LogP contribution < -0.4 is 5.32 Å². The number of carbonyl (C=O) groups is 2. The summed E-state index contributed by atoms with van der Waals surface area (Å²) < 4.78 is 0. The lowest BCUT2D eigenvalue weighted by atomic mass is 9.96. The van der Waals surface area contributed by atoms with Gasteiger partial charge in [0.1, 0.15) is 0 Å². The number of hydrogen-bond donors (Lipinski definition) is 1. The molecule has 2 fully saturated rings. The molecule has 0 saturated carbocycles. The highest BCUT2D eigenvalue weighted by molar-refractivity contribution is 5.76. The van der Waals surface area contributed by atoms with Crippen molar-refractivity contribution in [2.24, 2.45) is 0 Å². The van der Waals surface area contributed by atoms with E-state index < -0.39 is 0 Å². The highest BCUT2D eigenvalue weighted by Gasteiger charge is 2.36. The molecule has 6 nitrogen and oxygen atoms in total. The van der Waals surface area contributed by atoms with E-state index in [0.29, 0.717) is 6.54 Å². The van der Waals surface area contributed by atoms with E-state index in [-0.39, 0.29) is 23.1 Å². The molecular weight excluding hydrogens is 292 g/mol. The van der Waals surface area contributed by atoms with Crippen molar-refractivity contribution in [1.82, 2.24) is 20.0 Å². The molecule has 2 aliphatic rings. The molecule has 0 radical (unpaired) electrons. The molecular formula is C17H32N4O2. The molecule has 2 rings (SSSR count). The summed E-state index contributed by atoms with van der Waals surface area (Å²) in [5.41, 5.74) is -0.382. The van der Waals surface area contributed by atoms with Gasteiger partial charge in [0, 0.05) is 43.8 Å². The first-order chi connectivity index (χ1) is 10.6. The smallest absolute Gasteiger partial charge is 0.320 e. The van der Waals surface area contributed by atoms with E-state index >= 15 is 0 Å². The Labute approximate surface area is 140 Å². The molecule has 0 bridgehead atoms. The molecule has 1 N–H and O–H groups in total. The minimum absolute atomic E-state index is 0.0162. The summed E-state index contributed by atoms with van der Waals surface area (Å²) in [6.07, 6.45) is 2.79. The zero-order valence-corrected chi connectivity index (χ0v) is 15.3. The lowest BCUT2D eigenvalue weighted by Gasteiger charge is -2.45. The first kappa shape index (κ1) is 17.9. The van der Waals surface area contributed by atoms with Gasteiger partial charge in [-0.05, 0) is 53.9 Å². The van der Waals surface area contributed by atoms with Crippen LogP contribution in [0.2, 0.25) is 0 Å². The molecule has 0 unspecified atom stereocenters. The van der Waals surface area contributed by atoms with Crippen molar-refractivity contribution in [3.05, 3.63) is 0 Å². The molecule has 0 aromatic carbocycles. The fourth-order valence-electron chi connectivity index (χ4n) is 3.36. The van der Waals surface area contributed by atoms with Crippen LogP contribution in [-0.2, 0) is 0 Å². The molecule has 2 heterocycles. The standard InChI is InChI=1S/C17H32N4O2/c1-16(2,3)21-12-7-10-19(15(21)23)13-8-17(4,5)20-11-6-9-18-14(20)22/h6-13H2,1-5H3,(H,18,22). The molecule has 6 heteroatoms. The SMILES string of the molecule is CC(C)(C)N1CCCN(CCC(C)(C)N2CCCNC2=O)C1=O. The number of urea groups is 2. The molecule has 0 atom stereocenters. The molecule has 23 heavy (non-hydrogen) atoms. The molecule has 0 aromatic rings. The van der Waals surface area contributed by atoms with Crippen LogP contribution in [0.5, 0.6) is 0 Å². The Kier molecular flexibility index (Phi) is 5.11. The van der Waals surface area contributed by atoms with Gasteiger partial charge in [-0.25, -0.2) is 9.59 Å². The third-order valence-electron chi connectivity index (χ3n) is 4.93. The van der Waals surface area contributed by atoms with E-state index in [1.54, 1.807) is 0 Å². The average molecular weight is 324 g/mol. The second-order valence-corrected chi connectivity index (χ2v) is 8.25. The van der Waals surface area contributed by atoms with Gasteiger partial charge in [0.05, 0.1) is 0 Å². The fraction of sp³-hybridized carbons (Fsp3) is 0.882. The Morgan fingerprint density at radius 3 is 2.22 bits per heavy atom. The van der Waals surface area contributed by atoms with E-state index in [1.165, 1.54) is 0 Å². The van der Waals surface area contributed by atoms with Crippen molar-refractivity contribution in [2.75, 3.05) is 32.7 Å². The number of nitrogens with one attached hydrogen (secondary N) is 1. The topological polar surface area (TPSA) is 55.9 Å². The zero-order chi connectivity index (χ0) is 17.3. The predicted octanol–water partition coefficient (Wildman–Crippen LogP) is 2.50. The number of hydrogen-bond acceptors (Lipinski definition) is 2. The van der Waals surface area contributed by atoms with E-state index in [2.05, 4.69) is 39.9 Å². The molecule has 2 saturated heterocycles. The van der Waals surface area contributed by atoms with Crippen molar-refractivity contribution in [1.29, 1.82) is 0 Å². The quantitative estimate of drug-likeness (QED) is 0.864. The van der Waals surface area contributed by atoms with Crippen molar-refractivity contribution < 1.29 is 9.59 Å². The number of nitrogens with zero attached hydrogens (tertiary/aromatic N) is 3. The van der Waals surface area contributed by atoms with Crippen LogP contribution in [0.1, 0.15) is 53.9 Å². The monoisotopic (exact) mass is 324 g/mol. The summed E-state index contributed by atoms with van der Waals surface area (Å²) >= 11 is 0. The van der Waals surface area contributed by atoms with Crippen LogP contribution in [0.3, 0.4) is 0 Å². The van der Waals surface area contributed by atoms with Gasteiger partial charge >= 0.3 is 12.1 Å². The largest absolute Gasteiger partial charge is 0.338 e. The highest BCUT2D eigenvalue weighted by Crippen LogP contribution is 2.24. The van der Waals surface area contributed by atoms with Crippen LogP contribution in [0, 0.1) is 0 Å². The van der Waals surface area contributed by atoms with Crippen molar-refractivity contribution >= 4 is 12.1 Å². The van der Waals surface area contributed by atoms with Gasteiger partial charge in [0.2, 0.25) is 0 Å². The van der Waals surface area contributed by atoms with Crippen LogP contribution in [0.15, 0.2) is 0 Å². The third-order valence-corrected chi connectivity index (χ3v) is 4.93. The van der Waals surface area contributed by atoms with Crippen LogP contribution >= 0.6 is 0 Å². The molecule has 0 aliphatic carbocycles. The Morgan fingerprint density at radius 1 is 0.957 bits per heavy atom. The maximum atomic E-state index is 12.7. The Bertz CT molecular complexity index is 456. The van der Waals surface area contributed by atoms with Gasteiger partial charge in [-0.15, -0.1) is 0 Å².